The molecule has 2 aromatic heterocycles. The SMILES string of the molecule is Cc1nc(Cn2c(CCl)nc3cc(Cl)c(F)cc32)cs1. The third kappa shape index (κ3) is 2.41. The maximum Gasteiger partial charge on any atom is 0.144 e. The fourth-order valence-corrected chi connectivity index (χ4v) is 3.06. The number of benzene rings is 1. The van der Waals surface area contributed by atoms with Crippen molar-refractivity contribution in [2.45, 2.75) is 19.3 Å². The predicted octanol–water partition coefficient (Wildman–Crippen LogP) is 4.38. The van der Waals surface area contributed by atoms with Gasteiger partial charge in [-0.1, -0.05) is 11.6 Å². The number of aryl methyl sites for hydroxylation is 1. The Hall–Kier alpha value is -1.17. The van der Waals surface area contributed by atoms with Crippen molar-refractivity contribution >= 4 is 45.6 Å². The molecule has 0 unspecified atom stereocenters. The Morgan fingerprint density at radius 3 is 2.80 bits per heavy atom. The minimum atomic E-state index is -0.462. The van der Waals surface area contributed by atoms with E-state index < -0.39 is 5.82 Å². The highest BCUT2D eigenvalue weighted by molar-refractivity contribution is 7.09. The van der Waals surface area contributed by atoms with Crippen LogP contribution < -0.4 is 0 Å². The number of fused-ring (bicyclic) bond motifs is 1. The number of halogens is 3. The normalized spacial score (nSPS) is 11.4. The summed E-state index contributed by atoms with van der Waals surface area (Å²) in [5, 5.41) is 3.03. The molecule has 20 heavy (non-hydrogen) atoms. The molecular formula is C13H10Cl2FN3S. The largest absolute Gasteiger partial charge is 0.321 e. The van der Waals surface area contributed by atoms with E-state index in [4.69, 9.17) is 23.2 Å². The second-order valence-electron chi connectivity index (χ2n) is 4.36. The molecule has 0 fully saturated rings. The molecule has 0 radical (unpaired) electrons. The summed E-state index contributed by atoms with van der Waals surface area (Å²) in [4.78, 5) is 8.81. The lowest BCUT2D eigenvalue weighted by molar-refractivity contribution is 0.628. The van der Waals surface area contributed by atoms with E-state index in [1.54, 1.807) is 11.3 Å². The molecule has 104 valence electrons. The fourth-order valence-electron chi connectivity index (χ4n) is 2.09. The summed E-state index contributed by atoms with van der Waals surface area (Å²) < 4.78 is 15.5. The maximum absolute atomic E-state index is 13.7. The number of hydrogen-bond donors (Lipinski definition) is 0. The number of alkyl halides is 1. The minimum absolute atomic E-state index is 0.0628. The van der Waals surface area contributed by atoms with Crippen LogP contribution in [0, 0.1) is 12.7 Å². The Kier molecular flexibility index (Phi) is 3.67. The molecule has 3 nitrogen and oxygen atoms in total. The molecule has 0 bridgehead atoms. The van der Waals surface area contributed by atoms with Crippen LogP contribution in [0.25, 0.3) is 11.0 Å². The van der Waals surface area contributed by atoms with Gasteiger partial charge in [0, 0.05) is 11.4 Å². The number of aromatic nitrogens is 3. The molecule has 0 N–H and O–H groups in total. The van der Waals surface area contributed by atoms with Crippen LogP contribution in [0.3, 0.4) is 0 Å². The van der Waals surface area contributed by atoms with Gasteiger partial charge in [-0.2, -0.15) is 0 Å². The van der Waals surface area contributed by atoms with Gasteiger partial charge >= 0.3 is 0 Å². The summed E-state index contributed by atoms with van der Waals surface area (Å²) in [5.41, 5.74) is 2.22. The zero-order valence-electron chi connectivity index (χ0n) is 10.5. The average molecular weight is 330 g/mol. The first-order chi connectivity index (χ1) is 9.58. The molecule has 1 aromatic carbocycles. The van der Waals surface area contributed by atoms with Crippen molar-refractivity contribution in [2.75, 3.05) is 0 Å². The van der Waals surface area contributed by atoms with Gasteiger partial charge in [0.05, 0.1) is 39.2 Å². The molecule has 0 atom stereocenters. The fraction of sp³-hybridized carbons (Fsp3) is 0.231. The molecular weight excluding hydrogens is 320 g/mol. The lowest BCUT2D eigenvalue weighted by Crippen LogP contribution is -2.04. The van der Waals surface area contributed by atoms with Gasteiger partial charge in [0.2, 0.25) is 0 Å². The Balaban J connectivity index is 2.14. The predicted molar refractivity (Wildman–Crippen MR) is 80.2 cm³/mol. The van der Waals surface area contributed by atoms with E-state index in [2.05, 4.69) is 9.97 Å². The first-order valence-corrected chi connectivity index (χ1v) is 7.69. The molecule has 0 aliphatic heterocycles. The molecule has 0 amide bonds. The van der Waals surface area contributed by atoms with Crippen molar-refractivity contribution in [2.24, 2.45) is 0 Å². The van der Waals surface area contributed by atoms with Crippen LogP contribution >= 0.6 is 34.5 Å². The zero-order chi connectivity index (χ0) is 14.3. The standard InChI is InChI=1S/C13H10Cl2FN3S/c1-7-17-8(6-20-7)5-19-12-3-10(16)9(15)2-11(12)18-13(19)4-14/h2-3,6H,4-5H2,1H3. The average Bonchev–Trinajstić information content (AvgIpc) is 2.96. The van der Waals surface area contributed by atoms with E-state index in [1.165, 1.54) is 12.1 Å². The second kappa shape index (κ2) is 5.31. The Bertz CT molecular complexity index is 781. The maximum atomic E-state index is 13.7. The highest BCUT2D eigenvalue weighted by atomic mass is 35.5. The van der Waals surface area contributed by atoms with Crippen molar-refractivity contribution in [1.82, 2.24) is 14.5 Å². The second-order valence-corrected chi connectivity index (χ2v) is 6.10. The Labute approximate surface area is 129 Å². The van der Waals surface area contributed by atoms with Crippen LogP contribution in [0.5, 0.6) is 0 Å². The van der Waals surface area contributed by atoms with Gasteiger partial charge in [-0.25, -0.2) is 14.4 Å². The van der Waals surface area contributed by atoms with Gasteiger partial charge in [0.25, 0.3) is 0 Å². The Morgan fingerprint density at radius 1 is 1.35 bits per heavy atom. The number of imidazole rings is 1. The lowest BCUT2D eigenvalue weighted by Gasteiger charge is -2.05. The van der Waals surface area contributed by atoms with Crippen LogP contribution in [-0.2, 0) is 12.4 Å². The highest BCUT2D eigenvalue weighted by Gasteiger charge is 2.14. The molecule has 0 saturated heterocycles. The number of rotatable bonds is 3. The van der Waals surface area contributed by atoms with E-state index in [1.807, 2.05) is 16.9 Å². The van der Waals surface area contributed by atoms with E-state index in [0.29, 0.717) is 23.4 Å². The van der Waals surface area contributed by atoms with Crippen LogP contribution in [0.4, 0.5) is 4.39 Å². The number of nitrogens with zero attached hydrogens (tertiary/aromatic N) is 3. The number of thiazole rings is 1. The summed E-state index contributed by atoms with van der Waals surface area (Å²) in [6.45, 7) is 2.46. The van der Waals surface area contributed by atoms with E-state index in [-0.39, 0.29) is 10.9 Å². The molecule has 7 heteroatoms. The monoisotopic (exact) mass is 329 g/mol. The van der Waals surface area contributed by atoms with Crippen LogP contribution in [0.15, 0.2) is 17.5 Å². The summed E-state index contributed by atoms with van der Waals surface area (Å²) in [5.74, 6) is 0.460. The Morgan fingerprint density at radius 2 is 2.15 bits per heavy atom. The summed E-state index contributed by atoms with van der Waals surface area (Å²) in [6.07, 6.45) is 0. The van der Waals surface area contributed by atoms with Gasteiger partial charge in [0.1, 0.15) is 11.6 Å². The summed E-state index contributed by atoms with van der Waals surface area (Å²) in [7, 11) is 0. The van der Waals surface area contributed by atoms with Crippen LogP contribution in [0.1, 0.15) is 16.5 Å². The van der Waals surface area contributed by atoms with Crippen molar-refractivity contribution in [3.8, 4) is 0 Å². The van der Waals surface area contributed by atoms with E-state index in [0.717, 1.165) is 10.7 Å². The van der Waals surface area contributed by atoms with Gasteiger partial charge in [-0.3, -0.25) is 0 Å². The van der Waals surface area contributed by atoms with E-state index in [9.17, 15) is 4.39 Å². The summed E-state index contributed by atoms with van der Waals surface area (Å²) in [6, 6.07) is 2.91. The third-order valence-corrected chi connectivity index (χ3v) is 4.33. The van der Waals surface area contributed by atoms with Crippen molar-refractivity contribution in [1.29, 1.82) is 0 Å². The molecule has 3 aromatic rings. The van der Waals surface area contributed by atoms with Gasteiger partial charge in [-0.15, -0.1) is 22.9 Å². The van der Waals surface area contributed by atoms with Gasteiger partial charge in [0.15, 0.2) is 0 Å². The first-order valence-electron chi connectivity index (χ1n) is 5.89. The van der Waals surface area contributed by atoms with Crippen LogP contribution in [0.2, 0.25) is 5.02 Å². The van der Waals surface area contributed by atoms with E-state index >= 15 is 0 Å². The topological polar surface area (TPSA) is 30.7 Å². The van der Waals surface area contributed by atoms with Crippen molar-refractivity contribution in [3.63, 3.8) is 0 Å². The molecule has 3 rings (SSSR count). The van der Waals surface area contributed by atoms with Crippen LogP contribution in [-0.4, -0.2) is 14.5 Å². The molecule has 0 aliphatic carbocycles. The van der Waals surface area contributed by atoms with Gasteiger partial charge in [-0.05, 0) is 13.0 Å². The first kappa shape index (κ1) is 13.8. The minimum Gasteiger partial charge on any atom is -0.321 e. The smallest absolute Gasteiger partial charge is 0.144 e. The van der Waals surface area contributed by atoms with Crippen molar-refractivity contribution < 1.29 is 4.39 Å². The number of hydrogen-bond acceptors (Lipinski definition) is 3. The summed E-state index contributed by atoms with van der Waals surface area (Å²) >= 11 is 13.3. The zero-order valence-corrected chi connectivity index (χ0v) is 12.9. The molecule has 0 aliphatic rings. The lowest BCUT2D eigenvalue weighted by atomic mass is 10.3. The third-order valence-electron chi connectivity index (χ3n) is 2.98. The molecule has 2 heterocycles. The van der Waals surface area contributed by atoms with Gasteiger partial charge < -0.3 is 4.57 Å². The molecule has 0 saturated carbocycles. The highest BCUT2D eigenvalue weighted by Crippen LogP contribution is 2.25. The molecule has 0 spiro atoms. The van der Waals surface area contributed by atoms with Crippen molar-refractivity contribution in [3.05, 3.63) is 44.9 Å². The quantitative estimate of drug-likeness (QED) is 0.667.